The van der Waals surface area contributed by atoms with E-state index in [-0.39, 0.29) is 0 Å². The van der Waals surface area contributed by atoms with Gasteiger partial charge in [-0.1, -0.05) is 6.42 Å². The first kappa shape index (κ1) is 12.4. The normalized spacial score (nSPS) is 28.4. The number of nitrogens with one attached hydrogen (secondary N) is 2. The Morgan fingerprint density at radius 2 is 2.00 bits per heavy atom. The molecule has 0 spiro atoms. The van der Waals surface area contributed by atoms with Gasteiger partial charge in [-0.05, 0) is 38.0 Å². The number of hydrogen-bond acceptors (Lipinski definition) is 6. The molecule has 2 aliphatic rings. The summed E-state index contributed by atoms with van der Waals surface area (Å²) in [6.07, 6.45) is 5.34. The molecule has 0 aliphatic heterocycles. The van der Waals surface area contributed by atoms with Crippen LogP contribution >= 0.6 is 0 Å². The van der Waals surface area contributed by atoms with Crippen molar-refractivity contribution in [2.75, 3.05) is 24.3 Å². The van der Waals surface area contributed by atoms with Gasteiger partial charge in [0.2, 0.25) is 11.9 Å². The van der Waals surface area contributed by atoms with E-state index in [2.05, 4.69) is 25.6 Å². The van der Waals surface area contributed by atoms with Crippen LogP contribution in [0.4, 0.5) is 11.9 Å². The highest BCUT2D eigenvalue weighted by Crippen LogP contribution is 2.45. The number of nitrogens with zero attached hydrogens (tertiary/aromatic N) is 3. The lowest BCUT2D eigenvalue weighted by atomic mass is 9.95. The molecule has 2 saturated carbocycles. The fourth-order valence-corrected chi connectivity index (χ4v) is 3.31. The third kappa shape index (κ3) is 2.57. The second-order valence-corrected chi connectivity index (χ2v) is 5.37. The Morgan fingerprint density at radius 1 is 1.16 bits per heavy atom. The van der Waals surface area contributed by atoms with Gasteiger partial charge in [-0.25, -0.2) is 0 Å². The highest BCUT2D eigenvalue weighted by Gasteiger charge is 2.39. The van der Waals surface area contributed by atoms with Crippen molar-refractivity contribution in [1.29, 1.82) is 0 Å². The summed E-state index contributed by atoms with van der Waals surface area (Å²) < 4.78 is 5.37. The minimum absolute atomic E-state index is 0.382. The summed E-state index contributed by atoms with van der Waals surface area (Å²) in [4.78, 5) is 12.8. The molecule has 1 aromatic heterocycles. The predicted molar refractivity (Wildman–Crippen MR) is 73.4 cm³/mol. The fourth-order valence-electron chi connectivity index (χ4n) is 3.31. The van der Waals surface area contributed by atoms with Gasteiger partial charge in [0, 0.05) is 13.1 Å². The molecule has 1 aromatic rings. The zero-order chi connectivity index (χ0) is 13.2. The van der Waals surface area contributed by atoms with E-state index in [9.17, 15) is 0 Å². The lowest BCUT2D eigenvalue weighted by molar-refractivity contribution is 0.312. The maximum atomic E-state index is 5.37. The summed E-state index contributed by atoms with van der Waals surface area (Å²) in [5, 5.41) is 6.41. The summed E-state index contributed by atoms with van der Waals surface area (Å²) >= 11 is 0. The van der Waals surface area contributed by atoms with Crippen molar-refractivity contribution in [3.8, 4) is 6.01 Å². The molecule has 2 N–H and O–H groups in total. The lowest BCUT2D eigenvalue weighted by Crippen LogP contribution is -2.27. The van der Waals surface area contributed by atoms with E-state index in [1.165, 1.54) is 25.7 Å². The average Bonchev–Trinajstić information content (AvgIpc) is 3.01. The molecule has 3 atom stereocenters. The van der Waals surface area contributed by atoms with Crippen molar-refractivity contribution in [1.82, 2.24) is 15.0 Å². The summed E-state index contributed by atoms with van der Waals surface area (Å²) in [6.45, 7) is 2.48. The quantitative estimate of drug-likeness (QED) is 0.845. The molecule has 0 amide bonds. The van der Waals surface area contributed by atoms with Crippen LogP contribution in [-0.2, 0) is 0 Å². The van der Waals surface area contributed by atoms with Crippen molar-refractivity contribution in [3.05, 3.63) is 0 Å². The Morgan fingerprint density at radius 3 is 2.63 bits per heavy atom. The van der Waals surface area contributed by atoms with Gasteiger partial charge in [-0.15, -0.1) is 0 Å². The van der Waals surface area contributed by atoms with E-state index < -0.39 is 0 Å². The van der Waals surface area contributed by atoms with E-state index in [4.69, 9.17) is 4.74 Å². The minimum atomic E-state index is 0.382. The van der Waals surface area contributed by atoms with Crippen molar-refractivity contribution >= 4 is 11.9 Å². The van der Waals surface area contributed by atoms with Crippen LogP contribution in [0.2, 0.25) is 0 Å². The molecule has 6 nitrogen and oxygen atoms in total. The number of rotatable bonds is 5. The number of hydrogen-bond donors (Lipinski definition) is 2. The Balaban J connectivity index is 1.74. The maximum absolute atomic E-state index is 5.37. The molecule has 6 heteroatoms. The predicted octanol–water partition coefficient (Wildman–Crippen LogP) is 1.91. The van der Waals surface area contributed by atoms with Crippen LogP contribution in [0.5, 0.6) is 6.01 Å². The highest BCUT2D eigenvalue weighted by molar-refractivity contribution is 5.36. The largest absolute Gasteiger partial charge is 0.464 e. The number of fused-ring (bicyclic) bond motifs is 2. The first-order valence-corrected chi connectivity index (χ1v) is 7.11. The third-order valence-electron chi connectivity index (χ3n) is 4.16. The molecule has 1 heterocycles. The average molecular weight is 263 g/mol. The van der Waals surface area contributed by atoms with E-state index in [1.807, 2.05) is 6.92 Å². The number of anilines is 2. The summed E-state index contributed by atoms with van der Waals surface area (Å²) in [7, 11) is 1.80. The van der Waals surface area contributed by atoms with Gasteiger partial charge >= 0.3 is 6.01 Å². The zero-order valence-corrected chi connectivity index (χ0v) is 11.5. The van der Waals surface area contributed by atoms with Crippen molar-refractivity contribution in [3.63, 3.8) is 0 Å². The van der Waals surface area contributed by atoms with Crippen molar-refractivity contribution in [2.45, 2.75) is 38.6 Å². The molecule has 19 heavy (non-hydrogen) atoms. The van der Waals surface area contributed by atoms with Gasteiger partial charge in [0.25, 0.3) is 0 Å². The van der Waals surface area contributed by atoms with Gasteiger partial charge in [-0.3, -0.25) is 0 Å². The fraction of sp³-hybridized carbons (Fsp3) is 0.769. The van der Waals surface area contributed by atoms with E-state index >= 15 is 0 Å². The van der Waals surface area contributed by atoms with Crippen LogP contribution < -0.4 is 15.4 Å². The van der Waals surface area contributed by atoms with E-state index in [1.54, 1.807) is 7.05 Å². The number of aromatic nitrogens is 3. The highest BCUT2D eigenvalue weighted by atomic mass is 16.5. The smallest absolute Gasteiger partial charge is 0.323 e. The zero-order valence-electron chi connectivity index (χ0n) is 11.5. The maximum Gasteiger partial charge on any atom is 0.323 e. The van der Waals surface area contributed by atoms with Crippen molar-refractivity contribution in [2.24, 2.45) is 11.8 Å². The van der Waals surface area contributed by atoms with Crippen LogP contribution in [0.25, 0.3) is 0 Å². The van der Waals surface area contributed by atoms with Gasteiger partial charge in [0.05, 0.1) is 6.61 Å². The molecular formula is C13H21N5O. The molecule has 2 fully saturated rings. The Hall–Kier alpha value is -1.59. The Bertz CT molecular complexity index is 453. The van der Waals surface area contributed by atoms with E-state index in [0.717, 1.165) is 11.8 Å². The number of ether oxygens (including phenoxy) is 1. The molecule has 3 rings (SSSR count). The van der Waals surface area contributed by atoms with Gasteiger partial charge in [-0.2, -0.15) is 15.0 Å². The topological polar surface area (TPSA) is 72.0 Å². The molecule has 0 radical (unpaired) electrons. The first-order valence-electron chi connectivity index (χ1n) is 7.11. The van der Waals surface area contributed by atoms with Crippen LogP contribution in [-0.4, -0.2) is 34.6 Å². The SMILES string of the molecule is CCOc1nc(NC)nc(NC2CC3CCC2C3)n1. The van der Waals surface area contributed by atoms with Gasteiger partial charge < -0.3 is 15.4 Å². The standard InChI is InChI=1S/C13H21N5O/c1-3-19-13-17-11(14-2)16-12(18-13)15-10-7-8-4-5-9(10)6-8/h8-10H,3-7H2,1-2H3,(H2,14,15,16,17,18). The lowest BCUT2D eigenvalue weighted by Gasteiger charge is -2.22. The monoisotopic (exact) mass is 263 g/mol. The molecular weight excluding hydrogens is 242 g/mol. The molecule has 104 valence electrons. The van der Waals surface area contributed by atoms with Crippen LogP contribution in [0, 0.1) is 11.8 Å². The van der Waals surface area contributed by atoms with E-state index in [0.29, 0.717) is 30.6 Å². The Kier molecular flexibility index (Phi) is 3.40. The van der Waals surface area contributed by atoms with Gasteiger partial charge in [0.1, 0.15) is 0 Å². The summed E-state index contributed by atoms with van der Waals surface area (Å²) in [6, 6.07) is 0.896. The molecule has 2 bridgehead atoms. The second-order valence-electron chi connectivity index (χ2n) is 5.37. The van der Waals surface area contributed by atoms with Gasteiger partial charge in [0.15, 0.2) is 0 Å². The van der Waals surface area contributed by atoms with Crippen LogP contribution in [0.3, 0.4) is 0 Å². The van der Waals surface area contributed by atoms with Crippen LogP contribution in [0.1, 0.15) is 32.6 Å². The molecule has 3 unspecified atom stereocenters. The summed E-state index contributed by atoms with van der Waals surface area (Å²) in [5.74, 6) is 2.86. The first-order chi connectivity index (χ1) is 9.28. The summed E-state index contributed by atoms with van der Waals surface area (Å²) in [5.41, 5.74) is 0. The molecule has 0 saturated heterocycles. The second kappa shape index (κ2) is 5.19. The third-order valence-corrected chi connectivity index (χ3v) is 4.16. The Labute approximate surface area is 113 Å². The van der Waals surface area contributed by atoms with Crippen molar-refractivity contribution < 1.29 is 4.74 Å². The minimum Gasteiger partial charge on any atom is -0.464 e. The molecule has 0 aromatic carbocycles. The van der Waals surface area contributed by atoms with Crippen LogP contribution in [0.15, 0.2) is 0 Å². The molecule has 2 aliphatic carbocycles.